The molecule has 1 aliphatic rings. The van der Waals surface area contributed by atoms with Crippen LogP contribution in [-0.2, 0) is 0 Å². The number of rotatable bonds is 7. The van der Waals surface area contributed by atoms with Gasteiger partial charge in [0.1, 0.15) is 5.75 Å². The Morgan fingerprint density at radius 3 is 2.28 bits per heavy atom. The van der Waals surface area contributed by atoms with Gasteiger partial charge in [-0.1, -0.05) is 15.9 Å². The highest BCUT2D eigenvalue weighted by Crippen LogP contribution is 2.22. The van der Waals surface area contributed by atoms with Gasteiger partial charge in [0.25, 0.3) is 0 Å². The molecule has 0 bridgehead atoms. The van der Waals surface area contributed by atoms with Crippen molar-refractivity contribution in [3.05, 3.63) is 53.0 Å². The summed E-state index contributed by atoms with van der Waals surface area (Å²) in [7, 11) is 1.71. The number of halogens is 1. The lowest BCUT2D eigenvalue weighted by atomic mass is 10.2. The van der Waals surface area contributed by atoms with Gasteiger partial charge in [-0.25, -0.2) is 0 Å². The van der Waals surface area contributed by atoms with Crippen LogP contribution in [0.4, 0.5) is 5.69 Å². The summed E-state index contributed by atoms with van der Waals surface area (Å²) in [5.74, 6) is 2.10. The summed E-state index contributed by atoms with van der Waals surface area (Å²) in [5, 5.41) is 0. The standard InChI is InChI=1S/C20H25BrN2OS/c1-24-19-7-5-18(6-8-19)23-14-12-22(13-15-23)11-2-16-25-20-9-3-17(21)4-10-20/h3-10H,2,11-16H2,1H3. The third-order valence-corrected chi connectivity index (χ3v) is 6.14. The molecule has 1 heterocycles. The Labute approximate surface area is 163 Å². The Morgan fingerprint density at radius 1 is 0.960 bits per heavy atom. The molecule has 1 fully saturated rings. The SMILES string of the molecule is COc1ccc(N2CCN(CCCSc3ccc(Br)cc3)CC2)cc1. The highest BCUT2D eigenvalue weighted by Gasteiger charge is 2.16. The van der Waals surface area contributed by atoms with Gasteiger partial charge >= 0.3 is 0 Å². The first-order valence-corrected chi connectivity index (χ1v) is 10.5. The number of hydrogen-bond donors (Lipinski definition) is 0. The number of ether oxygens (including phenoxy) is 1. The maximum Gasteiger partial charge on any atom is 0.119 e. The van der Waals surface area contributed by atoms with Gasteiger partial charge in [0.05, 0.1) is 7.11 Å². The van der Waals surface area contributed by atoms with Crippen LogP contribution in [-0.4, -0.2) is 50.5 Å². The molecule has 25 heavy (non-hydrogen) atoms. The maximum absolute atomic E-state index is 5.24. The largest absolute Gasteiger partial charge is 0.497 e. The molecule has 0 radical (unpaired) electrons. The fourth-order valence-corrected chi connectivity index (χ4v) is 4.13. The Morgan fingerprint density at radius 2 is 1.64 bits per heavy atom. The molecule has 0 N–H and O–H groups in total. The van der Waals surface area contributed by atoms with E-state index in [4.69, 9.17) is 4.74 Å². The molecule has 0 aromatic heterocycles. The molecule has 1 saturated heterocycles. The minimum atomic E-state index is 0.922. The van der Waals surface area contributed by atoms with E-state index in [0.29, 0.717) is 0 Å². The molecule has 0 unspecified atom stereocenters. The minimum absolute atomic E-state index is 0.922. The van der Waals surface area contributed by atoms with Crippen LogP contribution in [0.2, 0.25) is 0 Å². The third kappa shape index (κ3) is 5.66. The lowest BCUT2D eigenvalue weighted by Gasteiger charge is -2.36. The van der Waals surface area contributed by atoms with E-state index in [1.807, 2.05) is 23.9 Å². The van der Waals surface area contributed by atoms with Crippen LogP contribution < -0.4 is 9.64 Å². The van der Waals surface area contributed by atoms with Crippen molar-refractivity contribution in [2.75, 3.05) is 50.5 Å². The van der Waals surface area contributed by atoms with E-state index < -0.39 is 0 Å². The summed E-state index contributed by atoms with van der Waals surface area (Å²) in [6.45, 7) is 5.70. The predicted molar refractivity (Wildman–Crippen MR) is 111 cm³/mol. The van der Waals surface area contributed by atoms with E-state index in [1.54, 1.807) is 7.11 Å². The lowest BCUT2D eigenvalue weighted by molar-refractivity contribution is 0.259. The number of methoxy groups -OCH3 is 1. The van der Waals surface area contributed by atoms with Crippen LogP contribution >= 0.6 is 27.7 Å². The van der Waals surface area contributed by atoms with Crippen LogP contribution in [0.1, 0.15) is 6.42 Å². The topological polar surface area (TPSA) is 15.7 Å². The second kappa shape index (κ2) is 9.51. The number of thioether (sulfide) groups is 1. The molecule has 0 atom stereocenters. The molecule has 0 spiro atoms. The molecule has 1 aliphatic heterocycles. The summed E-state index contributed by atoms with van der Waals surface area (Å²) in [6.07, 6.45) is 1.24. The van der Waals surface area contributed by atoms with Gasteiger partial charge in [-0.05, 0) is 67.2 Å². The minimum Gasteiger partial charge on any atom is -0.497 e. The van der Waals surface area contributed by atoms with E-state index in [0.717, 1.165) is 36.4 Å². The molecule has 0 aliphatic carbocycles. The van der Waals surface area contributed by atoms with E-state index in [-0.39, 0.29) is 0 Å². The van der Waals surface area contributed by atoms with Gasteiger partial charge in [-0.3, -0.25) is 4.90 Å². The Kier molecular flexibility index (Phi) is 7.08. The maximum atomic E-state index is 5.24. The first-order chi connectivity index (χ1) is 12.2. The molecule has 0 amide bonds. The number of benzene rings is 2. The first kappa shape index (κ1) is 18.6. The quantitative estimate of drug-likeness (QED) is 0.473. The molecule has 2 aromatic rings. The Bertz CT molecular complexity index is 640. The van der Waals surface area contributed by atoms with Crippen molar-refractivity contribution in [1.82, 2.24) is 4.90 Å². The van der Waals surface area contributed by atoms with Crippen molar-refractivity contribution in [1.29, 1.82) is 0 Å². The molecule has 5 heteroatoms. The highest BCUT2D eigenvalue weighted by molar-refractivity contribution is 9.10. The zero-order valence-corrected chi connectivity index (χ0v) is 17.1. The molecule has 3 rings (SSSR count). The van der Waals surface area contributed by atoms with Crippen LogP contribution in [0.25, 0.3) is 0 Å². The van der Waals surface area contributed by atoms with Gasteiger partial charge in [0.2, 0.25) is 0 Å². The van der Waals surface area contributed by atoms with Crippen molar-refractivity contribution in [2.24, 2.45) is 0 Å². The van der Waals surface area contributed by atoms with Crippen molar-refractivity contribution in [3.63, 3.8) is 0 Å². The second-order valence-electron chi connectivity index (χ2n) is 6.18. The number of anilines is 1. The van der Waals surface area contributed by atoms with Crippen LogP contribution in [0.15, 0.2) is 57.9 Å². The fraction of sp³-hybridized carbons (Fsp3) is 0.400. The van der Waals surface area contributed by atoms with Crippen LogP contribution in [0.5, 0.6) is 5.75 Å². The lowest BCUT2D eigenvalue weighted by Crippen LogP contribution is -2.46. The van der Waals surface area contributed by atoms with Crippen LogP contribution in [0.3, 0.4) is 0 Å². The monoisotopic (exact) mass is 420 g/mol. The van der Waals surface area contributed by atoms with E-state index in [9.17, 15) is 0 Å². The van der Waals surface area contributed by atoms with Crippen molar-refractivity contribution in [3.8, 4) is 5.75 Å². The first-order valence-electron chi connectivity index (χ1n) is 8.74. The third-order valence-electron chi connectivity index (χ3n) is 4.51. The molecular weight excluding hydrogens is 396 g/mol. The summed E-state index contributed by atoms with van der Waals surface area (Å²) in [4.78, 5) is 6.40. The Balaban J connectivity index is 1.35. The number of piperazine rings is 1. The summed E-state index contributed by atoms with van der Waals surface area (Å²) < 4.78 is 6.38. The summed E-state index contributed by atoms with van der Waals surface area (Å²) >= 11 is 5.43. The Hall–Kier alpha value is -1.17. The zero-order valence-electron chi connectivity index (χ0n) is 14.7. The molecule has 0 saturated carbocycles. The van der Waals surface area contributed by atoms with E-state index >= 15 is 0 Å². The van der Waals surface area contributed by atoms with Crippen molar-refractivity contribution >= 4 is 33.4 Å². The average molecular weight is 421 g/mol. The molecule has 3 nitrogen and oxygen atoms in total. The van der Waals surface area contributed by atoms with Gasteiger partial charge in [-0.2, -0.15) is 0 Å². The van der Waals surface area contributed by atoms with E-state index in [1.165, 1.54) is 29.3 Å². The van der Waals surface area contributed by atoms with Crippen LogP contribution in [0, 0.1) is 0 Å². The van der Waals surface area contributed by atoms with Crippen molar-refractivity contribution in [2.45, 2.75) is 11.3 Å². The summed E-state index contributed by atoms with van der Waals surface area (Å²) in [5.41, 5.74) is 1.30. The zero-order chi connectivity index (χ0) is 17.5. The number of hydrogen-bond acceptors (Lipinski definition) is 4. The van der Waals surface area contributed by atoms with Gasteiger partial charge in [-0.15, -0.1) is 11.8 Å². The van der Waals surface area contributed by atoms with Gasteiger partial charge < -0.3 is 9.64 Å². The number of nitrogens with zero attached hydrogens (tertiary/aromatic N) is 2. The highest BCUT2D eigenvalue weighted by atomic mass is 79.9. The molecular formula is C20H25BrN2OS. The smallest absolute Gasteiger partial charge is 0.119 e. The second-order valence-corrected chi connectivity index (χ2v) is 8.27. The van der Waals surface area contributed by atoms with Crippen molar-refractivity contribution < 1.29 is 4.74 Å². The summed E-state index contributed by atoms with van der Waals surface area (Å²) in [6, 6.07) is 17.0. The average Bonchev–Trinajstić information content (AvgIpc) is 2.67. The van der Waals surface area contributed by atoms with E-state index in [2.05, 4.69) is 62.1 Å². The van der Waals surface area contributed by atoms with Gasteiger partial charge in [0.15, 0.2) is 0 Å². The normalized spacial score (nSPS) is 15.4. The molecule has 134 valence electrons. The molecule has 2 aromatic carbocycles. The predicted octanol–water partition coefficient (Wildman–Crippen LogP) is 4.76. The fourth-order valence-electron chi connectivity index (χ4n) is 3.03. The van der Waals surface area contributed by atoms with Gasteiger partial charge in [0, 0.05) is 41.2 Å².